The highest BCUT2D eigenvalue weighted by atomic mass is 28.4. The predicted octanol–water partition coefficient (Wildman–Crippen LogP) is 5.79. The van der Waals surface area contributed by atoms with E-state index in [0.717, 1.165) is 0 Å². The molecule has 0 radical (unpaired) electrons. The van der Waals surface area contributed by atoms with E-state index in [-0.39, 0.29) is 27.8 Å². The molecule has 1 N–H and O–H groups in total. The van der Waals surface area contributed by atoms with Gasteiger partial charge in [0.25, 0.3) is 8.32 Å². The van der Waals surface area contributed by atoms with Crippen LogP contribution in [0.3, 0.4) is 0 Å². The van der Waals surface area contributed by atoms with Crippen molar-refractivity contribution in [3.8, 4) is 5.75 Å². The lowest BCUT2D eigenvalue weighted by molar-refractivity contribution is -0.384. The first-order valence-electron chi connectivity index (χ1n) is 10.8. The molecule has 1 aromatic rings. The molecular weight excluding hydrogens is 414 g/mol. The number of nitro groups is 1. The Hall–Kier alpha value is -2.29. The van der Waals surface area contributed by atoms with Crippen LogP contribution in [0.4, 0.5) is 16.2 Å². The molecule has 0 aliphatic carbocycles. The van der Waals surface area contributed by atoms with Crippen LogP contribution in [-0.4, -0.2) is 49.0 Å². The van der Waals surface area contributed by atoms with Gasteiger partial charge in [-0.2, -0.15) is 0 Å². The molecule has 0 atom stereocenters. The van der Waals surface area contributed by atoms with Crippen molar-refractivity contribution in [2.24, 2.45) is 0 Å². The topological polar surface area (TPSA) is 93.9 Å². The summed E-state index contributed by atoms with van der Waals surface area (Å²) in [7, 11) is -2.23. The van der Waals surface area contributed by atoms with Crippen LogP contribution in [0, 0.1) is 10.1 Å². The van der Waals surface area contributed by atoms with Crippen molar-refractivity contribution in [1.82, 2.24) is 4.90 Å². The smallest absolute Gasteiger partial charge is 0.410 e. The van der Waals surface area contributed by atoms with E-state index in [1.807, 2.05) is 20.8 Å². The number of hydrogen-bond acceptors (Lipinski definition) is 6. The summed E-state index contributed by atoms with van der Waals surface area (Å²) in [6, 6.07) is 5.21. The Bertz CT molecular complexity index is 806. The number of rotatable bonds is 5. The molecule has 8 nitrogen and oxygen atoms in total. The summed E-state index contributed by atoms with van der Waals surface area (Å²) in [4.78, 5) is 25.5. The Labute approximate surface area is 186 Å². The number of carbonyl (C=O) groups is 1. The predicted molar refractivity (Wildman–Crippen MR) is 125 cm³/mol. The van der Waals surface area contributed by atoms with Crippen molar-refractivity contribution in [2.45, 2.75) is 84.2 Å². The number of para-hydroxylation sites is 1. The molecule has 1 saturated heterocycles. The maximum absolute atomic E-state index is 12.3. The Morgan fingerprint density at radius 2 is 1.74 bits per heavy atom. The van der Waals surface area contributed by atoms with Crippen LogP contribution in [0.15, 0.2) is 18.2 Å². The molecule has 0 saturated carbocycles. The zero-order valence-corrected chi connectivity index (χ0v) is 21.1. The summed E-state index contributed by atoms with van der Waals surface area (Å²) >= 11 is 0. The number of hydrogen-bond donors (Lipinski definition) is 1. The van der Waals surface area contributed by atoms with E-state index >= 15 is 0 Å². The zero-order chi connectivity index (χ0) is 23.6. The Morgan fingerprint density at radius 1 is 1.16 bits per heavy atom. The van der Waals surface area contributed by atoms with E-state index in [0.29, 0.717) is 37.4 Å². The third-order valence-corrected chi connectivity index (χ3v) is 10.2. The maximum Gasteiger partial charge on any atom is 0.410 e. The SMILES string of the molecule is CC(C)(C)OC(=O)N1CCC(Nc2cccc(O[Si](C)(C)C(C)(C)C)c2[N+](=O)[O-])CC1. The third kappa shape index (κ3) is 6.59. The van der Waals surface area contributed by atoms with Crippen molar-refractivity contribution < 1.29 is 18.9 Å². The van der Waals surface area contributed by atoms with Gasteiger partial charge in [0, 0.05) is 19.1 Å². The monoisotopic (exact) mass is 451 g/mol. The van der Waals surface area contributed by atoms with E-state index in [1.54, 1.807) is 23.1 Å². The number of nitro benzene ring substituents is 1. The Kier molecular flexibility index (Phi) is 7.30. The lowest BCUT2D eigenvalue weighted by Crippen LogP contribution is -2.44. The summed E-state index contributed by atoms with van der Waals surface area (Å²) in [5.74, 6) is 0.313. The van der Waals surface area contributed by atoms with Gasteiger partial charge in [-0.05, 0) is 63.9 Å². The molecule has 2 rings (SSSR count). The molecule has 31 heavy (non-hydrogen) atoms. The van der Waals surface area contributed by atoms with Crippen molar-refractivity contribution in [3.05, 3.63) is 28.3 Å². The molecule has 1 amide bonds. The van der Waals surface area contributed by atoms with Crippen molar-refractivity contribution >= 4 is 25.8 Å². The molecule has 1 heterocycles. The maximum atomic E-state index is 12.3. The van der Waals surface area contributed by atoms with Gasteiger partial charge in [-0.3, -0.25) is 10.1 Å². The second-order valence-electron chi connectivity index (χ2n) is 10.7. The van der Waals surface area contributed by atoms with Crippen LogP contribution in [0.5, 0.6) is 5.75 Å². The van der Waals surface area contributed by atoms with Gasteiger partial charge in [0.15, 0.2) is 5.75 Å². The zero-order valence-electron chi connectivity index (χ0n) is 20.1. The van der Waals surface area contributed by atoms with Crippen LogP contribution >= 0.6 is 0 Å². The fraction of sp³-hybridized carbons (Fsp3) is 0.682. The first-order valence-corrected chi connectivity index (χ1v) is 13.7. The van der Waals surface area contributed by atoms with Gasteiger partial charge in [-0.15, -0.1) is 0 Å². The van der Waals surface area contributed by atoms with Gasteiger partial charge in [-0.1, -0.05) is 26.8 Å². The van der Waals surface area contributed by atoms with Crippen molar-refractivity contribution in [3.63, 3.8) is 0 Å². The quantitative estimate of drug-likeness (QED) is 0.346. The van der Waals surface area contributed by atoms with E-state index in [4.69, 9.17) is 9.16 Å². The number of benzene rings is 1. The number of likely N-dealkylation sites (tertiary alicyclic amines) is 1. The first-order chi connectivity index (χ1) is 14.1. The molecule has 1 fully saturated rings. The average Bonchev–Trinajstić information content (AvgIpc) is 2.59. The third-order valence-electron chi connectivity index (χ3n) is 5.86. The largest absolute Gasteiger partial charge is 0.539 e. The van der Waals surface area contributed by atoms with Gasteiger partial charge in [0.1, 0.15) is 11.3 Å². The molecule has 0 bridgehead atoms. The normalized spacial score (nSPS) is 16.1. The number of nitrogens with zero attached hydrogens (tertiary/aromatic N) is 2. The highest BCUT2D eigenvalue weighted by Crippen LogP contribution is 2.42. The van der Waals surface area contributed by atoms with E-state index in [2.05, 4.69) is 39.2 Å². The Morgan fingerprint density at radius 3 is 2.23 bits per heavy atom. The lowest BCUT2D eigenvalue weighted by atomic mass is 10.0. The van der Waals surface area contributed by atoms with Gasteiger partial charge in [0.2, 0.25) is 0 Å². The first kappa shape index (κ1) is 25.0. The highest BCUT2D eigenvalue weighted by Gasteiger charge is 2.41. The minimum atomic E-state index is -2.23. The fourth-order valence-electron chi connectivity index (χ4n) is 3.09. The minimum Gasteiger partial charge on any atom is -0.539 e. The number of nitrogens with one attached hydrogen (secondary N) is 1. The van der Waals surface area contributed by atoms with Crippen LogP contribution in [0.25, 0.3) is 0 Å². The molecular formula is C22H37N3O5Si. The van der Waals surface area contributed by atoms with Gasteiger partial charge in [0.05, 0.1) is 4.92 Å². The second-order valence-corrected chi connectivity index (χ2v) is 15.4. The molecule has 1 aliphatic heterocycles. The van der Waals surface area contributed by atoms with Crippen LogP contribution in [0.1, 0.15) is 54.4 Å². The fourth-order valence-corrected chi connectivity index (χ4v) is 4.11. The molecule has 0 unspecified atom stereocenters. The summed E-state index contributed by atoms with van der Waals surface area (Å²) in [5, 5.41) is 15.2. The number of carbonyl (C=O) groups excluding carboxylic acids is 1. The van der Waals surface area contributed by atoms with Gasteiger partial charge >= 0.3 is 11.8 Å². The molecule has 9 heteroatoms. The van der Waals surface area contributed by atoms with Crippen LogP contribution < -0.4 is 9.74 Å². The summed E-state index contributed by atoms with van der Waals surface area (Å²) in [6.07, 6.45) is 1.05. The van der Waals surface area contributed by atoms with Crippen LogP contribution in [-0.2, 0) is 4.74 Å². The molecule has 1 aromatic carbocycles. The number of anilines is 1. The molecule has 0 aromatic heterocycles. The summed E-state index contributed by atoms with van der Waals surface area (Å²) < 4.78 is 11.7. The number of piperidine rings is 1. The second kappa shape index (κ2) is 9.06. The van der Waals surface area contributed by atoms with Crippen molar-refractivity contribution in [1.29, 1.82) is 0 Å². The van der Waals surface area contributed by atoms with E-state index in [1.165, 1.54) is 0 Å². The van der Waals surface area contributed by atoms with Gasteiger partial charge in [-0.25, -0.2) is 4.79 Å². The summed E-state index contributed by atoms with van der Waals surface area (Å²) in [5.41, 5.74) is -0.101. The summed E-state index contributed by atoms with van der Waals surface area (Å²) in [6.45, 7) is 17.1. The van der Waals surface area contributed by atoms with Crippen molar-refractivity contribution in [2.75, 3.05) is 18.4 Å². The lowest BCUT2D eigenvalue weighted by Gasteiger charge is -2.36. The number of amides is 1. The minimum absolute atomic E-state index is 0.0260. The molecule has 1 aliphatic rings. The number of ether oxygens (including phenoxy) is 1. The molecule has 174 valence electrons. The highest BCUT2D eigenvalue weighted by molar-refractivity contribution is 6.74. The van der Waals surface area contributed by atoms with Crippen LogP contribution in [0.2, 0.25) is 18.1 Å². The average molecular weight is 452 g/mol. The van der Waals surface area contributed by atoms with E-state index in [9.17, 15) is 14.9 Å². The Balaban J connectivity index is 2.13. The standard InChI is InChI=1S/C22H37N3O5Si/c1-21(2,3)29-20(26)24-14-12-16(13-15-24)23-17-10-9-11-18(19(17)25(27)28)30-31(7,8)22(4,5)6/h9-11,16,23H,12-15H2,1-8H3. The van der Waals surface area contributed by atoms with E-state index < -0.39 is 13.9 Å². The molecule has 0 spiro atoms. The van der Waals surface area contributed by atoms with Gasteiger partial charge < -0.3 is 19.4 Å².